The van der Waals surface area contributed by atoms with Crippen LogP contribution in [-0.2, 0) is 0 Å². The highest BCUT2D eigenvalue weighted by molar-refractivity contribution is 6.35. The third-order valence-corrected chi connectivity index (χ3v) is 3.96. The number of aromatic nitrogens is 3. The van der Waals surface area contributed by atoms with Crippen LogP contribution in [0.4, 0.5) is 5.95 Å². The zero-order valence-corrected chi connectivity index (χ0v) is 12.8. The molecule has 23 heavy (non-hydrogen) atoms. The van der Waals surface area contributed by atoms with E-state index in [1.165, 1.54) is 0 Å². The van der Waals surface area contributed by atoms with Crippen LogP contribution in [0.2, 0.25) is 5.02 Å². The van der Waals surface area contributed by atoms with Crippen molar-refractivity contribution in [2.45, 2.75) is 6.92 Å². The van der Waals surface area contributed by atoms with E-state index in [2.05, 4.69) is 15.5 Å². The summed E-state index contributed by atoms with van der Waals surface area (Å²) in [5, 5.41) is 12.0. The van der Waals surface area contributed by atoms with E-state index in [0.717, 1.165) is 10.9 Å². The lowest BCUT2D eigenvalue weighted by molar-refractivity contribution is 0.0997. The molecular weight excluding hydrogens is 316 g/mol. The molecule has 3 aromatic heterocycles. The first kappa shape index (κ1) is 13.8. The Morgan fingerprint density at radius 1 is 1.22 bits per heavy atom. The van der Waals surface area contributed by atoms with Crippen LogP contribution in [0.15, 0.2) is 47.0 Å². The number of hydrogen-bond donors (Lipinski definition) is 1. The number of carbonyl (C=O) groups is 1. The number of benzene rings is 1. The molecule has 3 heterocycles. The second-order valence-electron chi connectivity index (χ2n) is 5.08. The molecule has 0 bridgehead atoms. The van der Waals surface area contributed by atoms with E-state index in [0.29, 0.717) is 22.2 Å². The van der Waals surface area contributed by atoms with Crippen molar-refractivity contribution >= 4 is 40.1 Å². The van der Waals surface area contributed by atoms with Crippen molar-refractivity contribution in [3.8, 4) is 0 Å². The number of nitrogens with one attached hydrogen (secondary N) is 1. The normalized spacial score (nSPS) is 11.2. The topological polar surface area (TPSA) is 72.4 Å². The molecule has 0 saturated carbocycles. The molecular formula is C16H11ClN4O2. The number of carbonyl (C=O) groups excluding carboxylic acids is 1. The van der Waals surface area contributed by atoms with Crippen molar-refractivity contribution in [2.24, 2.45) is 0 Å². The minimum absolute atomic E-state index is 0.209. The van der Waals surface area contributed by atoms with Crippen LogP contribution in [0.3, 0.4) is 0 Å². The highest BCUT2D eigenvalue weighted by Crippen LogP contribution is 2.30. The number of nitrogens with zero attached hydrogens (tertiary/aromatic N) is 3. The van der Waals surface area contributed by atoms with Gasteiger partial charge in [-0.15, -0.1) is 10.2 Å². The number of aryl methyl sites for hydroxylation is 1. The van der Waals surface area contributed by atoms with E-state index in [9.17, 15) is 4.79 Å². The van der Waals surface area contributed by atoms with Gasteiger partial charge in [0.25, 0.3) is 5.91 Å². The average molecular weight is 327 g/mol. The van der Waals surface area contributed by atoms with Gasteiger partial charge in [0.15, 0.2) is 17.0 Å². The Morgan fingerprint density at radius 3 is 2.91 bits per heavy atom. The SMILES string of the molecule is Cc1c(C(=O)Nc2nnc3ccccn23)oc2c(Cl)cccc12. The largest absolute Gasteiger partial charge is 0.449 e. The minimum atomic E-state index is -0.395. The predicted molar refractivity (Wildman–Crippen MR) is 86.9 cm³/mol. The highest BCUT2D eigenvalue weighted by atomic mass is 35.5. The summed E-state index contributed by atoms with van der Waals surface area (Å²) < 4.78 is 7.33. The van der Waals surface area contributed by atoms with Crippen molar-refractivity contribution in [1.29, 1.82) is 0 Å². The molecule has 7 heteroatoms. The summed E-state index contributed by atoms with van der Waals surface area (Å²) in [6, 6.07) is 10.9. The Bertz CT molecular complexity index is 1050. The lowest BCUT2D eigenvalue weighted by Gasteiger charge is -2.01. The van der Waals surface area contributed by atoms with Gasteiger partial charge in [-0.05, 0) is 25.1 Å². The Hall–Kier alpha value is -2.86. The molecule has 1 aromatic carbocycles. The number of furan rings is 1. The Kier molecular flexibility index (Phi) is 3.06. The Morgan fingerprint density at radius 2 is 2.09 bits per heavy atom. The monoisotopic (exact) mass is 326 g/mol. The molecule has 0 aliphatic rings. The van der Waals surface area contributed by atoms with Crippen LogP contribution < -0.4 is 5.32 Å². The molecule has 1 N–H and O–H groups in total. The summed E-state index contributed by atoms with van der Waals surface area (Å²) in [4.78, 5) is 12.5. The quantitative estimate of drug-likeness (QED) is 0.609. The van der Waals surface area contributed by atoms with E-state index in [-0.39, 0.29) is 5.76 Å². The van der Waals surface area contributed by atoms with Crippen molar-refractivity contribution < 1.29 is 9.21 Å². The van der Waals surface area contributed by atoms with E-state index in [4.69, 9.17) is 16.0 Å². The van der Waals surface area contributed by atoms with Gasteiger partial charge in [0.2, 0.25) is 5.95 Å². The first-order valence-electron chi connectivity index (χ1n) is 6.94. The number of amides is 1. The first-order chi connectivity index (χ1) is 11.1. The summed E-state index contributed by atoms with van der Waals surface area (Å²) >= 11 is 6.12. The second kappa shape index (κ2) is 5.10. The Balaban J connectivity index is 1.75. The molecule has 4 aromatic rings. The van der Waals surface area contributed by atoms with Crippen LogP contribution in [0.25, 0.3) is 16.6 Å². The zero-order chi connectivity index (χ0) is 16.0. The molecule has 0 fully saturated rings. The summed E-state index contributed by atoms with van der Waals surface area (Å²) in [5.41, 5.74) is 1.88. The van der Waals surface area contributed by atoms with Crippen molar-refractivity contribution in [1.82, 2.24) is 14.6 Å². The molecule has 0 saturated heterocycles. The summed E-state index contributed by atoms with van der Waals surface area (Å²) in [5.74, 6) is 0.144. The van der Waals surface area contributed by atoms with Gasteiger partial charge in [0, 0.05) is 17.1 Å². The summed E-state index contributed by atoms with van der Waals surface area (Å²) in [6.07, 6.45) is 1.77. The summed E-state index contributed by atoms with van der Waals surface area (Å²) in [6.45, 7) is 1.82. The highest BCUT2D eigenvalue weighted by Gasteiger charge is 2.20. The molecule has 114 valence electrons. The van der Waals surface area contributed by atoms with Crippen molar-refractivity contribution in [3.63, 3.8) is 0 Å². The van der Waals surface area contributed by atoms with Crippen molar-refractivity contribution in [2.75, 3.05) is 5.32 Å². The minimum Gasteiger partial charge on any atom is -0.449 e. The van der Waals surface area contributed by atoms with Gasteiger partial charge in [-0.3, -0.25) is 14.5 Å². The average Bonchev–Trinajstić information content (AvgIpc) is 3.11. The fourth-order valence-corrected chi connectivity index (χ4v) is 2.72. The molecule has 0 unspecified atom stereocenters. The molecule has 0 aliphatic carbocycles. The molecule has 0 radical (unpaired) electrons. The van der Waals surface area contributed by atoms with Gasteiger partial charge >= 0.3 is 0 Å². The Labute approximate surface area is 135 Å². The number of para-hydroxylation sites is 1. The van der Waals surface area contributed by atoms with Gasteiger partial charge in [-0.1, -0.05) is 29.8 Å². The fourth-order valence-electron chi connectivity index (χ4n) is 2.51. The van der Waals surface area contributed by atoms with Gasteiger partial charge in [0.1, 0.15) is 0 Å². The van der Waals surface area contributed by atoms with E-state index >= 15 is 0 Å². The van der Waals surface area contributed by atoms with Crippen LogP contribution >= 0.6 is 11.6 Å². The van der Waals surface area contributed by atoms with E-state index in [1.807, 2.05) is 31.2 Å². The first-order valence-corrected chi connectivity index (χ1v) is 7.31. The van der Waals surface area contributed by atoms with Gasteiger partial charge in [-0.25, -0.2) is 0 Å². The lowest BCUT2D eigenvalue weighted by atomic mass is 10.1. The van der Waals surface area contributed by atoms with Crippen LogP contribution in [-0.4, -0.2) is 20.5 Å². The second-order valence-corrected chi connectivity index (χ2v) is 5.49. The van der Waals surface area contributed by atoms with E-state index in [1.54, 1.807) is 22.7 Å². The third kappa shape index (κ3) is 2.15. The molecule has 4 rings (SSSR count). The van der Waals surface area contributed by atoms with Crippen LogP contribution in [0, 0.1) is 6.92 Å². The molecule has 6 nitrogen and oxygen atoms in total. The van der Waals surface area contributed by atoms with E-state index < -0.39 is 5.91 Å². The van der Waals surface area contributed by atoms with Crippen LogP contribution in [0.1, 0.15) is 16.1 Å². The molecule has 1 amide bonds. The number of hydrogen-bond acceptors (Lipinski definition) is 4. The number of anilines is 1. The maximum atomic E-state index is 12.5. The maximum Gasteiger partial charge on any atom is 0.294 e. The number of pyridine rings is 1. The van der Waals surface area contributed by atoms with Gasteiger partial charge in [-0.2, -0.15) is 0 Å². The third-order valence-electron chi connectivity index (χ3n) is 3.66. The number of rotatable bonds is 2. The maximum absolute atomic E-state index is 12.5. The summed E-state index contributed by atoms with van der Waals surface area (Å²) in [7, 11) is 0. The zero-order valence-electron chi connectivity index (χ0n) is 12.1. The predicted octanol–water partition coefficient (Wildman–Crippen LogP) is 3.69. The van der Waals surface area contributed by atoms with Crippen LogP contribution in [0.5, 0.6) is 0 Å². The van der Waals surface area contributed by atoms with Gasteiger partial charge < -0.3 is 4.42 Å². The smallest absolute Gasteiger partial charge is 0.294 e. The molecule has 0 atom stereocenters. The molecule has 0 aliphatic heterocycles. The molecule has 0 spiro atoms. The lowest BCUT2D eigenvalue weighted by Crippen LogP contribution is -2.14. The number of halogens is 1. The van der Waals surface area contributed by atoms with Crippen molar-refractivity contribution in [3.05, 3.63) is 58.9 Å². The van der Waals surface area contributed by atoms with Gasteiger partial charge in [0.05, 0.1) is 5.02 Å². The fraction of sp³-hybridized carbons (Fsp3) is 0.0625. The standard InChI is InChI=1S/C16H11ClN4O2/c1-9-10-5-4-6-11(17)14(10)23-13(9)15(22)18-16-20-19-12-7-2-3-8-21(12)16/h2-8H,1H3,(H,18,20,22). The number of fused-ring (bicyclic) bond motifs is 2.